The minimum Gasteiger partial charge on any atom is -0.308 e. The summed E-state index contributed by atoms with van der Waals surface area (Å²) in [5.41, 5.74) is 2.50. The van der Waals surface area contributed by atoms with Crippen molar-refractivity contribution in [1.29, 1.82) is 0 Å². The van der Waals surface area contributed by atoms with Crippen molar-refractivity contribution in [1.82, 2.24) is 0 Å². The molecule has 2 rings (SSSR count). The fraction of sp³-hybridized carbons (Fsp3) is 0.188. The summed E-state index contributed by atoms with van der Waals surface area (Å²) in [6, 6.07) is 12.7. The average Bonchev–Trinajstić information content (AvgIpc) is 2.44. The predicted molar refractivity (Wildman–Crippen MR) is 85.0 cm³/mol. The minimum atomic E-state index is -0.0830. The number of nitrogens with zero attached hydrogens (tertiary/aromatic N) is 1. The molecule has 0 fully saturated rings. The van der Waals surface area contributed by atoms with E-state index >= 15 is 0 Å². The van der Waals surface area contributed by atoms with E-state index in [1.807, 2.05) is 38.1 Å². The van der Waals surface area contributed by atoms with Crippen molar-refractivity contribution in [3.63, 3.8) is 0 Å². The summed E-state index contributed by atoms with van der Waals surface area (Å²) in [6.45, 7) is 4.52. The van der Waals surface area contributed by atoms with E-state index in [4.69, 9.17) is 23.2 Å². The van der Waals surface area contributed by atoms with Crippen LogP contribution in [0.1, 0.15) is 22.8 Å². The first-order chi connectivity index (χ1) is 9.54. The summed E-state index contributed by atoms with van der Waals surface area (Å²) in [5.74, 6) is -0.0830. The molecule has 2 nitrogen and oxygen atoms in total. The molecule has 2 aromatic carbocycles. The highest BCUT2D eigenvalue weighted by molar-refractivity contribution is 6.42. The third-order valence-electron chi connectivity index (χ3n) is 3.13. The van der Waals surface area contributed by atoms with Gasteiger partial charge in [0.1, 0.15) is 0 Å². The number of hydrogen-bond donors (Lipinski definition) is 0. The van der Waals surface area contributed by atoms with E-state index in [9.17, 15) is 4.79 Å². The Bertz CT molecular complexity index is 640. The normalized spacial score (nSPS) is 10.4. The molecule has 0 N–H and O–H groups in total. The van der Waals surface area contributed by atoms with Crippen molar-refractivity contribution in [3.05, 3.63) is 63.6 Å². The number of para-hydroxylation sites is 1. The zero-order valence-electron chi connectivity index (χ0n) is 11.4. The SMILES string of the molecule is CCN(C(=O)c1ccc(Cl)c(Cl)c1)c1ccccc1C. The van der Waals surface area contributed by atoms with Gasteiger partial charge >= 0.3 is 0 Å². The van der Waals surface area contributed by atoms with Gasteiger partial charge in [-0.3, -0.25) is 4.79 Å². The number of benzene rings is 2. The first kappa shape index (κ1) is 14.9. The molecule has 4 heteroatoms. The molecule has 20 heavy (non-hydrogen) atoms. The van der Waals surface area contributed by atoms with E-state index in [2.05, 4.69) is 0 Å². The zero-order chi connectivity index (χ0) is 14.7. The maximum Gasteiger partial charge on any atom is 0.258 e. The number of rotatable bonds is 3. The lowest BCUT2D eigenvalue weighted by molar-refractivity contribution is 0.0988. The molecule has 0 atom stereocenters. The quantitative estimate of drug-likeness (QED) is 0.784. The molecule has 0 aliphatic carbocycles. The van der Waals surface area contributed by atoms with Gasteiger partial charge < -0.3 is 4.90 Å². The van der Waals surface area contributed by atoms with E-state index in [1.165, 1.54) is 0 Å². The topological polar surface area (TPSA) is 20.3 Å². The molecule has 2 aromatic rings. The number of hydrogen-bond acceptors (Lipinski definition) is 1. The highest BCUT2D eigenvalue weighted by Gasteiger charge is 2.18. The highest BCUT2D eigenvalue weighted by Crippen LogP contribution is 2.26. The van der Waals surface area contributed by atoms with E-state index in [0.717, 1.165) is 11.3 Å². The van der Waals surface area contributed by atoms with Crippen molar-refractivity contribution in [2.45, 2.75) is 13.8 Å². The Morgan fingerprint density at radius 3 is 2.40 bits per heavy atom. The smallest absolute Gasteiger partial charge is 0.258 e. The van der Waals surface area contributed by atoms with Crippen LogP contribution in [0.15, 0.2) is 42.5 Å². The second-order valence-corrected chi connectivity index (χ2v) is 5.28. The lowest BCUT2D eigenvalue weighted by atomic mass is 10.1. The second-order valence-electron chi connectivity index (χ2n) is 4.46. The molecule has 104 valence electrons. The lowest BCUT2D eigenvalue weighted by Crippen LogP contribution is -2.31. The van der Waals surface area contributed by atoms with Crippen molar-refractivity contribution < 1.29 is 4.79 Å². The first-order valence-electron chi connectivity index (χ1n) is 6.37. The van der Waals surface area contributed by atoms with Gasteiger partial charge in [0.25, 0.3) is 5.91 Å². The second kappa shape index (κ2) is 6.29. The molecule has 0 heterocycles. The minimum absolute atomic E-state index is 0.0830. The molecule has 0 bridgehead atoms. The van der Waals surface area contributed by atoms with Crippen molar-refractivity contribution in [2.24, 2.45) is 0 Å². The van der Waals surface area contributed by atoms with Crippen LogP contribution in [0.3, 0.4) is 0 Å². The van der Waals surface area contributed by atoms with Gasteiger partial charge in [0, 0.05) is 17.8 Å². The highest BCUT2D eigenvalue weighted by atomic mass is 35.5. The van der Waals surface area contributed by atoms with E-state index in [0.29, 0.717) is 22.2 Å². The Labute approximate surface area is 128 Å². The van der Waals surface area contributed by atoms with E-state index < -0.39 is 0 Å². The third kappa shape index (κ3) is 2.97. The molecule has 1 amide bonds. The fourth-order valence-electron chi connectivity index (χ4n) is 2.07. The largest absolute Gasteiger partial charge is 0.308 e. The molecule has 0 radical (unpaired) electrons. The summed E-state index contributed by atoms with van der Waals surface area (Å²) in [5, 5.41) is 0.834. The van der Waals surface area contributed by atoms with Gasteiger partial charge in [-0.05, 0) is 43.7 Å². The monoisotopic (exact) mass is 307 g/mol. The summed E-state index contributed by atoms with van der Waals surface area (Å²) in [6.07, 6.45) is 0. The van der Waals surface area contributed by atoms with Crippen LogP contribution in [0, 0.1) is 6.92 Å². The third-order valence-corrected chi connectivity index (χ3v) is 3.87. The van der Waals surface area contributed by atoms with E-state index in [1.54, 1.807) is 23.1 Å². The van der Waals surface area contributed by atoms with Crippen LogP contribution < -0.4 is 4.90 Å². The molecule has 0 saturated heterocycles. The van der Waals surface area contributed by atoms with Crippen LogP contribution in [0.5, 0.6) is 0 Å². The summed E-state index contributed by atoms with van der Waals surface area (Å²) in [4.78, 5) is 14.3. The van der Waals surface area contributed by atoms with Gasteiger partial charge in [-0.15, -0.1) is 0 Å². The number of anilines is 1. The van der Waals surface area contributed by atoms with Gasteiger partial charge in [-0.1, -0.05) is 41.4 Å². The van der Waals surface area contributed by atoms with Crippen molar-refractivity contribution in [3.8, 4) is 0 Å². The number of halogens is 2. The molecule has 0 unspecified atom stereocenters. The van der Waals surface area contributed by atoms with Gasteiger partial charge in [0.15, 0.2) is 0 Å². The molecule has 0 aromatic heterocycles. The van der Waals surface area contributed by atoms with Gasteiger partial charge in [0.2, 0.25) is 0 Å². The van der Waals surface area contributed by atoms with Crippen molar-refractivity contribution >= 4 is 34.8 Å². The Morgan fingerprint density at radius 1 is 1.10 bits per heavy atom. The lowest BCUT2D eigenvalue weighted by Gasteiger charge is -2.23. The van der Waals surface area contributed by atoms with Gasteiger partial charge in [-0.25, -0.2) is 0 Å². The Kier molecular flexibility index (Phi) is 4.69. The number of carbonyl (C=O) groups is 1. The van der Waals surface area contributed by atoms with Crippen LogP contribution in [0.2, 0.25) is 10.0 Å². The number of carbonyl (C=O) groups excluding carboxylic acids is 1. The Morgan fingerprint density at radius 2 is 1.80 bits per heavy atom. The average molecular weight is 308 g/mol. The molecule has 0 saturated carbocycles. The molecule has 0 spiro atoms. The van der Waals surface area contributed by atoms with Gasteiger partial charge in [0.05, 0.1) is 10.0 Å². The first-order valence-corrected chi connectivity index (χ1v) is 7.12. The maximum absolute atomic E-state index is 12.6. The molecular weight excluding hydrogens is 293 g/mol. The standard InChI is InChI=1S/C16H15Cl2NO/c1-3-19(15-7-5-4-6-11(15)2)16(20)12-8-9-13(17)14(18)10-12/h4-10H,3H2,1-2H3. The molecule has 0 aliphatic heterocycles. The molecule has 0 aliphatic rings. The van der Waals surface area contributed by atoms with E-state index in [-0.39, 0.29) is 5.91 Å². The zero-order valence-corrected chi connectivity index (χ0v) is 12.9. The fourth-order valence-corrected chi connectivity index (χ4v) is 2.37. The summed E-state index contributed by atoms with van der Waals surface area (Å²) < 4.78 is 0. The number of aryl methyl sites for hydroxylation is 1. The van der Waals surface area contributed by atoms with Crippen molar-refractivity contribution in [2.75, 3.05) is 11.4 Å². The molecular formula is C16H15Cl2NO. The Hall–Kier alpha value is -1.51. The van der Waals surface area contributed by atoms with Gasteiger partial charge in [-0.2, -0.15) is 0 Å². The summed E-state index contributed by atoms with van der Waals surface area (Å²) in [7, 11) is 0. The summed E-state index contributed by atoms with van der Waals surface area (Å²) >= 11 is 11.9. The van der Waals surface area contributed by atoms with Crippen LogP contribution in [0.25, 0.3) is 0 Å². The number of amides is 1. The van der Waals surface area contributed by atoms with Crippen LogP contribution in [-0.4, -0.2) is 12.5 Å². The van der Waals surface area contributed by atoms with Crippen LogP contribution >= 0.6 is 23.2 Å². The maximum atomic E-state index is 12.6. The Balaban J connectivity index is 2.39. The predicted octanol–water partition coefficient (Wildman–Crippen LogP) is 4.97. The van der Waals surface area contributed by atoms with Crippen LogP contribution in [-0.2, 0) is 0 Å². The van der Waals surface area contributed by atoms with Crippen LogP contribution in [0.4, 0.5) is 5.69 Å².